The molecule has 0 spiro atoms. The normalized spacial score (nSPS) is 10.0. The van der Waals surface area contributed by atoms with E-state index in [1.807, 2.05) is 24.3 Å². The summed E-state index contributed by atoms with van der Waals surface area (Å²) in [7, 11) is 0. The Hall–Kier alpha value is -2.82. The summed E-state index contributed by atoms with van der Waals surface area (Å²) >= 11 is 0. The number of carbonyl (C=O) groups is 2. The zero-order valence-electron chi connectivity index (χ0n) is 12.4. The molecule has 0 heterocycles. The minimum atomic E-state index is -0.472. The van der Waals surface area contributed by atoms with Crippen molar-refractivity contribution in [3.8, 4) is 0 Å². The summed E-state index contributed by atoms with van der Waals surface area (Å²) in [5.74, 6) is -0.604. The van der Waals surface area contributed by atoms with Gasteiger partial charge in [0.05, 0.1) is 6.54 Å². The summed E-state index contributed by atoms with van der Waals surface area (Å²) in [5, 5.41) is 5.84. The van der Waals surface area contributed by atoms with Crippen LogP contribution in [0.15, 0.2) is 48.5 Å². The summed E-state index contributed by atoms with van der Waals surface area (Å²) in [5.41, 5.74) is 8.32. The van der Waals surface area contributed by atoms with Crippen LogP contribution >= 0.6 is 0 Å². The van der Waals surface area contributed by atoms with Crippen LogP contribution in [-0.4, -0.2) is 18.4 Å². The molecule has 0 saturated carbocycles. The molecule has 22 heavy (non-hydrogen) atoms. The number of benzene rings is 2. The zero-order valence-corrected chi connectivity index (χ0v) is 12.4. The molecule has 0 radical (unpaired) electrons. The van der Waals surface area contributed by atoms with Crippen molar-refractivity contribution in [2.24, 2.45) is 5.73 Å². The van der Waals surface area contributed by atoms with Crippen LogP contribution in [0.4, 0.5) is 11.4 Å². The first kappa shape index (κ1) is 15.6. The van der Waals surface area contributed by atoms with Crippen molar-refractivity contribution < 1.29 is 9.59 Å². The maximum atomic E-state index is 11.9. The van der Waals surface area contributed by atoms with Gasteiger partial charge in [0, 0.05) is 16.9 Å². The molecule has 0 bridgehead atoms. The van der Waals surface area contributed by atoms with Crippen molar-refractivity contribution in [2.75, 3.05) is 17.2 Å². The lowest BCUT2D eigenvalue weighted by atomic mass is 10.1. The molecule has 2 amide bonds. The average Bonchev–Trinajstić information content (AvgIpc) is 2.53. The molecule has 2 aromatic carbocycles. The molecule has 0 unspecified atom stereocenters. The second-order valence-electron chi connectivity index (χ2n) is 4.90. The Labute approximate surface area is 129 Å². The smallest absolute Gasteiger partial charge is 0.248 e. The van der Waals surface area contributed by atoms with Gasteiger partial charge in [0.2, 0.25) is 11.8 Å². The van der Waals surface area contributed by atoms with Gasteiger partial charge >= 0.3 is 0 Å². The minimum absolute atomic E-state index is 0.132. The first-order valence-corrected chi connectivity index (χ1v) is 7.11. The van der Waals surface area contributed by atoms with Crippen molar-refractivity contribution in [3.63, 3.8) is 0 Å². The van der Waals surface area contributed by atoms with Crippen molar-refractivity contribution in [1.29, 1.82) is 0 Å². The van der Waals surface area contributed by atoms with Gasteiger partial charge in [-0.2, -0.15) is 0 Å². The zero-order chi connectivity index (χ0) is 15.9. The van der Waals surface area contributed by atoms with E-state index in [9.17, 15) is 9.59 Å². The Balaban J connectivity index is 1.88. The summed E-state index contributed by atoms with van der Waals surface area (Å²) < 4.78 is 0. The van der Waals surface area contributed by atoms with Gasteiger partial charge in [-0.25, -0.2) is 0 Å². The molecule has 2 aromatic rings. The third-order valence-electron chi connectivity index (χ3n) is 3.24. The Kier molecular flexibility index (Phi) is 5.14. The molecule has 0 aliphatic rings. The number of hydrogen-bond acceptors (Lipinski definition) is 3. The number of amides is 2. The van der Waals surface area contributed by atoms with Crippen LogP contribution in [0.1, 0.15) is 22.8 Å². The lowest BCUT2D eigenvalue weighted by Crippen LogP contribution is -2.21. The highest BCUT2D eigenvalue weighted by molar-refractivity contribution is 5.94. The van der Waals surface area contributed by atoms with E-state index in [2.05, 4.69) is 17.6 Å². The fourth-order valence-corrected chi connectivity index (χ4v) is 2.01. The van der Waals surface area contributed by atoms with Crippen LogP contribution in [0.2, 0.25) is 0 Å². The molecule has 5 heteroatoms. The molecular weight excluding hydrogens is 278 g/mol. The van der Waals surface area contributed by atoms with E-state index in [4.69, 9.17) is 5.73 Å². The van der Waals surface area contributed by atoms with E-state index < -0.39 is 5.91 Å². The average molecular weight is 297 g/mol. The highest BCUT2D eigenvalue weighted by Gasteiger charge is 2.04. The Morgan fingerprint density at radius 2 is 1.77 bits per heavy atom. The fraction of sp³-hybridized carbons (Fsp3) is 0.176. The topological polar surface area (TPSA) is 84.2 Å². The first-order chi connectivity index (χ1) is 10.6. The fourth-order valence-electron chi connectivity index (χ4n) is 2.01. The highest BCUT2D eigenvalue weighted by Crippen LogP contribution is 2.12. The number of rotatable bonds is 6. The third-order valence-corrected chi connectivity index (χ3v) is 3.24. The Morgan fingerprint density at radius 3 is 2.41 bits per heavy atom. The predicted octanol–water partition coefficient (Wildman–Crippen LogP) is 2.40. The van der Waals surface area contributed by atoms with Crippen LogP contribution in [0.25, 0.3) is 0 Å². The maximum absolute atomic E-state index is 11.9. The van der Waals surface area contributed by atoms with E-state index in [1.165, 1.54) is 5.56 Å². The quantitative estimate of drug-likeness (QED) is 0.765. The number of carbonyl (C=O) groups excluding carboxylic acids is 2. The third kappa shape index (κ3) is 4.34. The van der Waals surface area contributed by atoms with Gasteiger partial charge in [-0.05, 0) is 48.4 Å². The monoisotopic (exact) mass is 297 g/mol. The van der Waals surface area contributed by atoms with Crippen LogP contribution in [0, 0.1) is 0 Å². The summed E-state index contributed by atoms with van der Waals surface area (Å²) in [6, 6.07) is 14.4. The van der Waals surface area contributed by atoms with Gasteiger partial charge in [0.15, 0.2) is 0 Å². The van der Waals surface area contributed by atoms with Crippen molar-refractivity contribution in [3.05, 3.63) is 59.7 Å². The van der Waals surface area contributed by atoms with Gasteiger partial charge in [0.1, 0.15) is 0 Å². The molecule has 0 aromatic heterocycles. The molecule has 0 atom stereocenters. The maximum Gasteiger partial charge on any atom is 0.248 e. The SMILES string of the molecule is CCc1cccc(NC(=O)CNc2ccc(C(N)=O)cc2)c1. The van der Waals surface area contributed by atoms with E-state index in [0.29, 0.717) is 5.56 Å². The molecule has 0 fully saturated rings. The second-order valence-corrected chi connectivity index (χ2v) is 4.90. The number of aryl methyl sites for hydroxylation is 1. The van der Waals surface area contributed by atoms with E-state index >= 15 is 0 Å². The van der Waals surface area contributed by atoms with Crippen molar-refractivity contribution >= 4 is 23.2 Å². The van der Waals surface area contributed by atoms with Crippen LogP contribution in [0.3, 0.4) is 0 Å². The van der Waals surface area contributed by atoms with E-state index in [1.54, 1.807) is 24.3 Å². The van der Waals surface area contributed by atoms with Crippen LogP contribution in [-0.2, 0) is 11.2 Å². The van der Waals surface area contributed by atoms with E-state index in [-0.39, 0.29) is 12.5 Å². The largest absolute Gasteiger partial charge is 0.376 e. The molecular formula is C17H19N3O2. The lowest BCUT2D eigenvalue weighted by molar-refractivity contribution is -0.114. The van der Waals surface area contributed by atoms with Gasteiger partial charge in [-0.3, -0.25) is 9.59 Å². The first-order valence-electron chi connectivity index (χ1n) is 7.11. The Bertz CT molecular complexity index is 666. The number of anilines is 2. The molecule has 0 saturated heterocycles. The van der Waals surface area contributed by atoms with Crippen molar-refractivity contribution in [1.82, 2.24) is 0 Å². The molecule has 0 aliphatic heterocycles. The second kappa shape index (κ2) is 7.26. The number of primary amides is 1. The summed E-state index contributed by atoms with van der Waals surface area (Å²) in [6.45, 7) is 2.21. The van der Waals surface area contributed by atoms with Gasteiger partial charge < -0.3 is 16.4 Å². The molecule has 4 N–H and O–H groups in total. The number of nitrogens with one attached hydrogen (secondary N) is 2. The highest BCUT2D eigenvalue weighted by atomic mass is 16.2. The van der Waals surface area contributed by atoms with E-state index in [0.717, 1.165) is 17.8 Å². The summed E-state index contributed by atoms with van der Waals surface area (Å²) in [4.78, 5) is 22.9. The molecule has 114 valence electrons. The standard InChI is InChI=1S/C17H19N3O2/c1-2-12-4-3-5-15(10-12)20-16(21)11-19-14-8-6-13(7-9-14)17(18)22/h3-10,19H,2,11H2,1H3,(H2,18,22)(H,20,21). The molecule has 5 nitrogen and oxygen atoms in total. The lowest BCUT2D eigenvalue weighted by Gasteiger charge is -2.09. The summed E-state index contributed by atoms with van der Waals surface area (Å²) in [6.07, 6.45) is 0.925. The minimum Gasteiger partial charge on any atom is -0.376 e. The van der Waals surface area contributed by atoms with Crippen molar-refractivity contribution in [2.45, 2.75) is 13.3 Å². The number of nitrogens with two attached hydrogens (primary N) is 1. The van der Waals surface area contributed by atoms with Gasteiger partial charge in [-0.1, -0.05) is 19.1 Å². The predicted molar refractivity (Wildman–Crippen MR) is 87.9 cm³/mol. The number of hydrogen-bond donors (Lipinski definition) is 3. The van der Waals surface area contributed by atoms with Gasteiger partial charge in [0.25, 0.3) is 0 Å². The molecule has 0 aliphatic carbocycles. The van der Waals surface area contributed by atoms with Gasteiger partial charge in [-0.15, -0.1) is 0 Å². The molecule has 2 rings (SSSR count). The van der Waals surface area contributed by atoms with Crippen LogP contribution in [0.5, 0.6) is 0 Å². The van der Waals surface area contributed by atoms with Crippen LogP contribution < -0.4 is 16.4 Å². The Morgan fingerprint density at radius 1 is 1.05 bits per heavy atom.